The van der Waals surface area contributed by atoms with Crippen LogP contribution in [0.25, 0.3) is 5.57 Å². The number of hydrogen-bond acceptors (Lipinski definition) is 1. The lowest BCUT2D eigenvalue weighted by Crippen LogP contribution is -2.06. The van der Waals surface area contributed by atoms with Gasteiger partial charge in [0.2, 0.25) is 0 Å². The summed E-state index contributed by atoms with van der Waals surface area (Å²) in [6.45, 7) is 0.972. The number of anilines is 1. The molecule has 2 aliphatic carbocycles. The van der Waals surface area contributed by atoms with E-state index in [-0.39, 0.29) is 0 Å². The highest BCUT2D eigenvalue weighted by atomic mass is 14.9. The molecule has 1 saturated carbocycles. The molecule has 1 N–H and O–H groups in total. The summed E-state index contributed by atoms with van der Waals surface area (Å²) in [5, 5.41) is 3.65. The van der Waals surface area contributed by atoms with Crippen molar-refractivity contribution >= 4 is 11.3 Å². The van der Waals surface area contributed by atoms with E-state index in [0.29, 0.717) is 0 Å². The second-order valence-corrected chi connectivity index (χ2v) is 6.36. The Bertz CT molecular complexity index is 638. The van der Waals surface area contributed by atoms with Gasteiger partial charge in [-0.25, -0.2) is 0 Å². The van der Waals surface area contributed by atoms with Crippen LogP contribution in [0.3, 0.4) is 0 Å². The maximum atomic E-state index is 3.65. The first-order chi connectivity index (χ1) is 10.4. The molecule has 0 aromatic heterocycles. The maximum absolute atomic E-state index is 3.65. The molecule has 4 rings (SSSR count). The summed E-state index contributed by atoms with van der Waals surface area (Å²) in [4.78, 5) is 0. The normalized spacial score (nSPS) is 21.5. The fourth-order valence-electron chi connectivity index (χ4n) is 3.96. The molecule has 108 valence electrons. The van der Waals surface area contributed by atoms with Crippen LogP contribution < -0.4 is 5.32 Å². The van der Waals surface area contributed by atoms with Crippen LogP contribution in [-0.2, 0) is 0 Å². The topological polar surface area (TPSA) is 12.0 Å². The lowest BCUT2D eigenvalue weighted by atomic mass is 9.81. The van der Waals surface area contributed by atoms with Crippen LogP contribution in [0.2, 0.25) is 0 Å². The van der Waals surface area contributed by atoms with E-state index in [0.717, 1.165) is 6.54 Å². The zero-order valence-corrected chi connectivity index (χ0v) is 12.6. The quantitative estimate of drug-likeness (QED) is 0.662. The van der Waals surface area contributed by atoms with Crippen molar-refractivity contribution in [2.45, 2.75) is 44.9 Å². The van der Waals surface area contributed by atoms with E-state index in [4.69, 9.17) is 0 Å². The highest BCUT2D eigenvalue weighted by Gasteiger charge is 2.24. The molecule has 1 aromatic carbocycles. The molecular weight excluding hydrogens is 254 g/mol. The lowest BCUT2D eigenvalue weighted by molar-refractivity contribution is 0.601. The van der Waals surface area contributed by atoms with Gasteiger partial charge in [0.15, 0.2) is 0 Å². The first kappa shape index (κ1) is 12.9. The van der Waals surface area contributed by atoms with Gasteiger partial charge in [0.1, 0.15) is 0 Å². The zero-order chi connectivity index (χ0) is 14.1. The third kappa shape index (κ3) is 2.35. The van der Waals surface area contributed by atoms with Gasteiger partial charge in [0.25, 0.3) is 0 Å². The SMILES string of the molecule is C1=C2CNc3ccccc3C(=C3CCCCC3)C2=CCC1. The smallest absolute Gasteiger partial charge is 0.0422 e. The second-order valence-electron chi connectivity index (χ2n) is 6.36. The minimum Gasteiger partial charge on any atom is -0.380 e. The van der Waals surface area contributed by atoms with Crippen LogP contribution in [0, 0.1) is 0 Å². The molecule has 0 saturated heterocycles. The molecule has 1 nitrogen and oxygen atoms in total. The fraction of sp³-hybridized carbons (Fsp3) is 0.400. The molecule has 0 bridgehead atoms. The number of benzene rings is 1. The van der Waals surface area contributed by atoms with E-state index in [1.807, 2.05) is 0 Å². The largest absolute Gasteiger partial charge is 0.380 e. The molecule has 0 radical (unpaired) electrons. The Morgan fingerprint density at radius 1 is 0.857 bits per heavy atom. The van der Waals surface area contributed by atoms with E-state index in [1.54, 1.807) is 11.1 Å². The summed E-state index contributed by atoms with van der Waals surface area (Å²) in [5.41, 5.74) is 9.01. The van der Waals surface area contributed by atoms with E-state index in [9.17, 15) is 0 Å². The molecule has 1 aromatic rings. The number of fused-ring (bicyclic) bond motifs is 2. The molecule has 0 atom stereocenters. The van der Waals surface area contributed by atoms with Gasteiger partial charge in [-0.2, -0.15) is 0 Å². The Morgan fingerprint density at radius 3 is 2.57 bits per heavy atom. The van der Waals surface area contributed by atoms with Crippen LogP contribution in [0.4, 0.5) is 5.69 Å². The van der Waals surface area contributed by atoms with Gasteiger partial charge in [0.05, 0.1) is 0 Å². The highest BCUT2D eigenvalue weighted by Crippen LogP contribution is 2.43. The van der Waals surface area contributed by atoms with E-state index in [1.165, 1.54) is 67.3 Å². The summed E-state index contributed by atoms with van der Waals surface area (Å²) < 4.78 is 0. The molecule has 0 amide bonds. The van der Waals surface area contributed by atoms with Gasteiger partial charge in [-0.3, -0.25) is 0 Å². The second kappa shape index (κ2) is 5.55. The van der Waals surface area contributed by atoms with Gasteiger partial charge in [0, 0.05) is 17.8 Å². The summed E-state index contributed by atoms with van der Waals surface area (Å²) in [7, 11) is 0. The summed E-state index contributed by atoms with van der Waals surface area (Å²) in [5.74, 6) is 0. The van der Waals surface area contributed by atoms with Crippen LogP contribution in [0.1, 0.15) is 50.5 Å². The van der Waals surface area contributed by atoms with Crippen molar-refractivity contribution in [3.05, 3.63) is 58.7 Å². The Morgan fingerprint density at radius 2 is 1.67 bits per heavy atom. The van der Waals surface area contributed by atoms with E-state index in [2.05, 4.69) is 41.7 Å². The molecule has 1 fully saturated rings. The average molecular weight is 277 g/mol. The molecule has 3 aliphatic rings. The molecule has 21 heavy (non-hydrogen) atoms. The van der Waals surface area contributed by atoms with Gasteiger partial charge in [-0.1, -0.05) is 42.3 Å². The lowest BCUT2D eigenvalue weighted by Gasteiger charge is -2.23. The van der Waals surface area contributed by atoms with Gasteiger partial charge >= 0.3 is 0 Å². The molecular formula is C20H23N. The van der Waals surface area contributed by atoms with E-state index >= 15 is 0 Å². The van der Waals surface area contributed by atoms with Crippen molar-refractivity contribution in [3.63, 3.8) is 0 Å². The summed E-state index contributed by atoms with van der Waals surface area (Å²) >= 11 is 0. The van der Waals surface area contributed by atoms with Crippen LogP contribution in [0.15, 0.2) is 53.1 Å². The van der Waals surface area contributed by atoms with Crippen LogP contribution in [-0.4, -0.2) is 6.54 Å². The van der Waals surface area contributed by atoms with Crippen molar-refractivity contribution in [1.82, 2.24) is 0 Å². The van der Waals surface area contributed by atoms with Crippen LogP contribution in [0.5, 0.6) is 0 Å². The van der Waals surface area contributed by atoms with Crippen molar-refractivity contribution in [2.75, 3.05) is 11.9 Å². The molecule has 1 aliphatic heterocycles. The standard InChI is InChI=1S/C20H23N/c1-2-8-15(9-3-1)20-17-11-5-4-10-16(17)14-21-19-13-7-6-12-18(19)20/h6-7,10-13,21H,1-5,8-9,14H2. The average Bonchev–Trinajstić information content (AvgIpc) is 2.72. The third-order valence-corrected chi connectivity index (χ3v) is 5.00. The third-order valence-electron chi connectivity index (χ3n) is 5.00. The van der Waals surface area contributed by atoms with Crippen molar-refractivity contribution in [1.29, 1.82) is 0 Å². The highest BCUT2D eigenvalue weighted by molar-refractivity contribution is 5.92. The molecule has 0 spiro atoms. The predicted octanol–water partition coefficient (Wildman–Crippen LogP) is 5.48. The van der Waals surface area contributed by atoms with Gasteiger partial charge < -0.3 is 5.32 Å². The van der Waals surface area contributed by atoms with Gasteiger partial charge in [-0.15, -0.1) is 0 Å². The first-order valence-corrected chi connectivity index (χ1v) is 8.39. The Kier molecular flexibility index (Phi) is 3.42. The zero-order valence-electron chi connectivity index (χ0n) is 12.6. The van der Waals surface area contributed by atoms with Crippen molar-refractivity contribution in [3.8, 4) is 0 Å². The minimum atomic E-state index is 0.972. The Hall–Kier alpha value is -1.76. The number of nitrogens with one attached hydrogen (secondary N) is 1. The minimum absolute atomic E-state index is 0.972. The Labute approximate surface area is 127 Å². The van der Waals surface area contributed by atoms with Crippen LogP contribution >= 0.6 is 0 Å². The Balaban J connectivity index is 1.93. The summed E-state index contributed by atoms with van der Waals surface area (Å²) in [6.07, 6.45) is 14.0. The monoisotopic (exact) mass is 277 g/mol. The number of rotatable bonds is 0. The number of hydrogen-bond donors (Lipinski definition) is 1. The summed E-state index contributed by atoms with van der Waals surface area (Å²) in [6, 6.07) is 8.86. The predicted molar refractivity (Wildman–Crippen MR) is 90.3 cm³/mol. The van der Waals surface area contributed by atoms with Crippen molar-refractivity contribution < 1.29 is 0 Å². The maximum Gasteiger partial charge on any atom is 0.0422 e. The number of para-hydroxylation sites is 1. The van der Waals surface area contributed by atoms with Crippen molar-refractivity contribution in [2.24, 2.45) is 0 Å². The first-order valence-electron chi connectivity index (χ1n) is 8.39. The molecule has 0 unspecified atom stereocenters. The number of allylic oxidation sites excluding steroid dienone is 4. The molecule has 1 heteroatoms. The fourth-order valence-corrected chi connectivity index (χ4v) is 3.96. The van der Waals surface area contributed by atoms with Gasteiger partial charge in [-0.05, 0) is 61.3 Å². The molecule has 1 heterocycles. The van der Waals surface area contributed by atoms with E-state index < -0.39 is 0 Å².